The molecule has 3 aromatic carbocycles. The van der Waals surface area contributed by atoms with Crippen LogP contribution in [0, 0.1) is 4.91 Å². The standard InChI is InChI=1S/C14H12N2S.C8H7NO3/c1-15-11-7-3-2-6-10(11)14-16-12-8-4-5-9-13(12)17-14;1-12-8-3-2-6(5-10)4-7(8)9-11/h2-9,15H,1H3;2-5H,1H3/p+1. The molecule has 0 saturated heterocycles. The predicted octanol–water partition coefficient (Wildman–Crippen LogP) is 3.99. The van der Waals surface area contributed by atoms with Gasteiger partial charge in [0.1, 0.15) is 11.3 Å². The third kappa shape index (κ3) is 4.64. The number of carbonyl (C=O) groups is 1. The molecule has 2 N–H and O–H groups in total. The molecule has 0 unspecified atom stereocenters. The van der Waals surface area contributed by atoms with Crippen LogP contribution < -0.4 is 15.2 Å². The van der Waals surface area contributed by atoms with Gasteiger partial charge in [0.25, 0.3) is 5.69 Å². The minimum atomic E-state index is 0.266. The van der Waals surface area contributed by atoms with Crippen molar-refractivity contribution in [2.24, 2.45) is 0 Å². The molecule has 7 heteroatoms. The van der Waals surface area contributed by atoms with Crippen LogP contribution in [0.2, 0.25) is 0 Å². The van der Waals surface area contributed by atoms with Crippen molar-refractivity contribution in [3.05, 3.63) is 77.2 Å². The molecule has 4 aromatic rings. The number of carbonyl (C=O) groups excluding carboxylic acids is 1. The maximum Gasteiger partial charge on any atom is 0.295 e. The molecule has 146 valence electrons. The van der Waals surface area contributed by atoms with Gasteiger partial charge in [-0.25, -0.2) is 4.98 Å². The second kappa shape index (κ2) is 9.57. The first-order chi connectivity index (χ1) is 14.2. The molecule has 6 nitrogen and oxygen atoms in total. The molecule has 0 bridgehead atoms. The van der Waals surface area contributed by atoms with Crippen molar-refractivity contribution in [3.63, 3.8) is 0 Å². The zero-order valence-electron chi connectivity index (χ0n) is 16.0. The highest BCUT2D eigenvalue weighted by Gasteiger charge is 2.09. The Hall–Kier alpha value is -3.58. The minimum Gasteiger partial charge on any atom is -0.490 e. The predicted molar refractivity (Wildman–Crippen MR) is 117 cm³/mol. The largest absolute Gasteiger partial charge is 0.490 e. The van der Waals surface area contributed by atoms with Crippen LogP contribution in [0.15, 0.2) is 66.7 Å². The van der Waals surface area contributed by atoms with Crippen LogP contribution in [-0.2, 0) is 0 Å². The average Bonchev–Trinajstić information content (AvgIpc) is 3.23. The SMILES string of the molecule is CNc1ccccc1-c1nc2ccccc2s1.COc1ccc(C=O)cc1[NH+]=O. The first kappa shape index (κ1) is 20.2. The van der Waals surface area contributed by atoms with Crippen LogP contribution in [0.4, 0.5) is 11.4 Å². The Bertz CT molecular complexity index is 1110. The number of rotatable bonds is 5. The van der Waals surface area contributed by atoms with Crippen LogP contribution in [-0.4, -0.2) is 25.4 Å². The number of hydrogen-bond acceptors (Lipinski definition) is 6. The minimum absolute atomic E-state index is 0.266. The van der Waals surface area contributed by atoms with Gasteiger partial charge in [-0.1, -0.05) is 24.3 Å². The number of nitrogens with zero attached hydrogens (tertiary/aromatic N) is 1. The molecular weight excluding hydrogens is 386 g/mol. The van der Waals surface area contributed by atoms with Crippen LogP contribution >= 0.6 is 11.3 Å². The number of benzene rings is 3. The Labute approximate surface area is 172 Å². The Morgan fingerprint density at radius 2 is 1.83 bits per heavy atom. The number of anilines is 1. The molecular formula is C22H20N3O3S+. The fraction of sp³-hybridized carbons (Fsp3) is 0.0909. The summed E-state index contributed by atoms with van der Waals surface area (Å²) in [6.07, 6.45) is 0.667. The number of hydrogen-bond donors (Lipinski definition) is 2. The van der Waals surface area contributed by atoms with Crippen molar-refractivity contribution in [2.75, 3.05) is 19.5 Å². The Morgan fingerprint density at radius 3 is 2.52 bits per heavy atom. The van der Waals surface area contributed by atoms with Gasteiger partial charge in [-0.15, -0.1) is 11.3 Å². The van der Waals surface area contributed by atoms with Crippen molar-refractivity contribution in [1.29, 1.82) is 0 Å². The lowest BCUT2D eigenvalue weighted by molar-refractivity contribution is -0.380. The number of aromatic nitrogens is 1. The van der Waals surface area contributed by atoms with Crippen molar-refractivity contribution in [2.45, 2.75) is 0 Å². The molecule has 29 heavy (non-hydrogen) atoms. The average molecular weight is 406 g/mol. The van der Waals surface area contributed by atoms with Crippen LogP contribution in [0.25, 0.3) is 20.8 Å². The van der Waals surface area contributed by atoms with E-state index in [-0.39, 0.29) is 5.69 Å². The number of thiazole rings is 1. The summed E-state index contributed by atoms with van der Waals surface area (Å²) in [4.78, 5) is 25.3. The van der Waals surface area contributed by atoms with E-state index in [9.17, 15) is 9.70 Å². The van der Waals surface area contributed by atoms with Gasteiger partial charge in [-0.2, -0.15) is 0 Å². The molecule has 0 spiro atoms. The van der Waals surface area contributed by atoms with E-state index < -0.39 is 0 Å². The van der Waals surface area contributed by atoms with Crippen molar-refractivity contribution in [1.82, 2.24) is 4.98 Å². The lowest BCUT2D eigenvalue weighted by Gasteiger charge is -2.04. The summed E-state index contributed by atoms with van der Waals surface area (Å²) in [6.45, 7) is 0. The first-order valence-corrected chi connectivity index (χ1v) is 9.66. The Balaban J connectivity index is 0.000000177. The zero-order valence-corrected chi connectivity index (χ0v) is 16.8. The quantitative estimate of drug-likeness (QED) is 0.490. The molecule has 0 radical (unpaired) electrons. The number of nitroso groups, excluding NO2 is 1. The fourth-order valence-electron chi connectivity index (χ4n) is 2.75. The number of ether oxygens (including phenoxy) is 1. The normalized spacial score (nSPS) is 10.0. The molecule has 4 rings (SSSR count). The number of aldehydes is 1. The van der Waals surface area contributed by atoms with Gasteiger partial charge in [0, 0.05) is 40.0 Å². The van der Waals surface area contributed by atoms with Crippen LogP contribution in [0.5, 0.6) is 5.75 Å². The molecule has 0 aliphatic rings. The van der Waals surface area contributed by atoms with E-state index in [2.05, 4.69) is 34.6 Å². The summed E-state index contributed by atoms with van der Waals surface area (Å²) in [7, 11) is 3.39. The molecule has 1 heterocycles. The van der Waals surface area contributed by atoms with Gasteiger partial charge in [0.15, 0.2) is 5.75 Å². The summed E-state index contributed by atoms with van der Waals surface area (Å²) in [5.74, 6) is 0.426. The van der Waals surface area contributed by atoms with E-state index in [4.69, 9.17) is 4.74 Å². The number of fused-ring (bicyclic) bond motifs is 1. The van der Waals surface area contributed by atoms with Gasteiger partial charge >= 0.3 is 0 Å². The van der Waals surface area contributed by atoms with Gasteiger partial charge < -0.3 is 10.1 Å². The summed E-state index contributed by atoms with van der Waals surface area (Å²) >= 11 is 1.73. The monoisotopic (exact) mass is 406 g/mol. The maximum absolute atomic E-state index is 10.3. The summed E-state index contributed by atoms with van der Waals surface area (Å²) < 4.78 is 6.09. The van der Waals surface area contributed by atoms with Gasteiger partial charge in [-0.05, 0) is 36.4 Å². The molecule has 0 amide bonds. The maximum atomic E-state index is 10.3. The number of para-hydroxylation sites is 2. The van der Waals surface area contributed by atoms with E-state index in [0.29, 0.717) is 17.6 Å². The van der Waals surface area contributed by atoms with Gasteiger partial charge in [0.05, 0.1) is 17.3 Å². The van der Waals surface area contributed by atoms with E-state index in [1.165, 1.54) is 17.9 Å². The third-order valence-electron chi connectivity index (χ3n) is 4.19. The zero-order chi connectivity index (χ0) is 20.6. The molecule has 0 atom stereocenters. The first-order valence-electron chi connectivity index (χ1n) is 8.84. The Kier molecular flexibility index (Phi) is 6.65. The second-order valence-electron chi connectivity index (χ2n) is 5.96. The second-order valence-corrected chi connectivity index (χ2v) is 6.99. The smallest absolute Gasteiger partial charge is 0.295 e. The highest BCUT2D eigenvalue weighted by atomic mass is 32.1. The molecule has 0 saturated carbocycles. The topological polar surface area (TPSA) is 82.3 Å². The summed E-state index contributed by atoms with van der Waals surface area (Å²) in [5.41, 5.74) is 4.05. The van der Waals surface area contributed by atoms with Crippen molar-refractivity contribution in [3.8, 4) is 16.3 Å². The lowest BCUT2D eigenvalue weighted by Crippen LogP contribution is -2.55. The van der Waals surface area contributed by atoms with E-state index in [0.717, 1.165) is 21.8 Å². The third-order valence-corrected chi connectivity index (χ3v) is 5.26. The van der Waals surface area contributed by atoms with Crippen molar-refractivity contribution >= 4 is 39.2 Å². The summed E-state index contributed by atoms with van der Waals surface area (Å²) in [5, 5.41) is 5.96. The fourth-order valence-corrected chi connectivity index (χ4v) is 3.76. The highest BCUT2D eigenvalue weighted by Crippen LogP contribution is 2.33. The highest BCUT2D eigenvalue weighted by molar-refractivity contribution is 7.21. The van der Waals surface area contributed by atoms with Gasteiger partial charge in [0.2, 0.25) is 0 Å². The van der Waals surface area contributed by atoms with Crippen LogP contribution in [0.3, 0.4) is 0 Å². The van der Waals surface area contributed by atoms with Crippen molar-refractivity contribution < 1.29 is 14.7 Å². The van der Waals surface area contributed by atoms with E-state index in [1.54, 1.807) is 28.6 Å². The van der Waals surface area contributed by atoms with E-state index in [1.807, 2.05) is 31.3 Å². The molecule has 0 aliphatic carbocycles. The molecule has 1 aromatic heterocycles. The number of methoxy groups -OCH3 is 1. The van der Waals surface area contributed by atoms with E-state index >= 15 is 0 Å². The van der Waals surface area contributed by atoms with Crippen LogP contribution in [0.1, 0.15) is 10.4 Å². The molecule has 0 fully saturated rings. The summed E-state index contributed by atoms with van der Waals surface area (Å²) in [6, 6.07) is 21.0. The number of nitrogens with one attached hydrogen (secondary N) is 2. The lowest BCUT2D eigenvalue weighted by atomic mass is 10.2. The molecule has 0 aliphatic heterocycles. The van der Waals surface area contributed by atoms with Gasteiger partial charge in [-0.3, -0.25) is 4.79 Å². The Morgan fingerprint density at radius 1 is 1.07 bits per heavy atom.